The second-order valence-electron chi connectivity index (χ2n) is 12.1. The van der Waals surface area contributed by atoms with E-state index < -0.39 is 0 Å². The Bertz CT molecular complexity index is 535. The molecule has 29 heavy (non-hydrogen) atoms. The molecule has 0 bridgehead atoms. The third-order valence-corrected chi connectivity index (χ3v) is 11.1. The Hall–Kier alpha value is -0.160. The fraction of sp³-hybridized carbons (Fsp3) is 0.963. The van der Waals surface area contributed by atoms with Gasteiger partial charge >= 0.3 is 0 Å². The van der Waals surface area contributed by atoms with Crippen LogP contribution in [0.15, 0.2) is 0 Å². The van der Waals surface area contributed by atoms with Crippen LogP contribution < -0.4 is 0 Å². The molecule has 1 nitrogen and oxygen atoms in total. The number of nitriles is 1. The Labute approximate surface area is 186 Å². The van der Waals surface area contributed by atoms with Crippen molar-refractivity contribution in [2.45, 2.75) is 123 Å². The van der Waals surface area contributed by atoms with Crippen LogP contribution in [0.3, 0.4) is 0 Å². The quantitative estimate of drug-likeness (QED) is 0.403. The summed E-state index contributed by atoms with van der Waals surface area (Å²) < 4.78 is 0. The fourth-order valence-electron chi connectivity index (χ4n) is 7.33. The van der Waals surface area contributed by atoms with Gasteiger partial charge in [0.2, 0.25) is 0 Å². The van der Waals surface area contributed by atoms with Crippen LogP contribution in [0.2, 0.25) is 0 Å². The summed E-state index contributed by atoms with van der Waals surface area (Å²) in [6.07, 6.45) is 18.5. The molecule has 0 aliphatic heterocycles. The van der Waals surface area contributed by atoms with Gasteiger partial charge in [-0.05, 0) is 129 Å². The molecule has 3 fully saturated rings. The van der Waals surface area contributed by atoms with E-state index in [2.05, 4.69) is 40.0 Å². The molecule has 0 saturated heterocycles. The van der Waals surface area contributed by atoms with Crippen molar-refractivity contribution in [1.29, 1.82) is 5.26 Å². The average Bonchev–Trinajstić information content (AvgIpc) is 2.75. The highest BCUT2D eigenvalue weighted by molar-refractivity contribution is 8.04. The van der Waals surface area contributed by atoms with E-state index in [9.17, 15) is 0 Å². The zero-order valence-electron chi connectivity index (χ0n) is 20.0. The highest BCUT2D eigenvalue weighted by Crippen LogP contribution is 2.53. The third-order valence-electron chi connectivity index (χ3n) is 10.2. The first-order valence-corrected chi connectivity index (χ1v) is 13.7. The molecule has 0 aromatic carbocycles. The molecule has 0 radical (unpaired) electrons. The van der Waals surface area contributed by atoms with Gasteiger partial charge in [0.05, 0.1) is 0 Å². The Balaban J connectivity index is 1.46. The van der Waals surface area contributed by atoms with Crippen LogP contribution in [0.4, 0.5) is 0 Å². The molecule has 0 amide bonds. The summed E-state index contributed by atoms with van der Waals surface area (Å²) in [5.74, 6) is 4.79. The van der Waals surface area contributed by atoms with Crippen LogP contribution in [0.25, 0.3) is 0 Å². The van der Waals surface area contributed by atoms with Crippen molar-refractivity contribution in [3.8, 4) is 5.40 Å². The van der Waals surface area contributed by atoms with Crippen molar-refractivity contribution in [2.24, 2.45) is 40.4 Å². The molecule has 3 rings (SSSR count). The van der Waals surface area contributed by atoms with Crippen LogP contribution in [0.5, 0.6) is 0 Å². The highest BCUT2D eigenvalue weighted by Gasteiger charge is 2.43. The first kappa shape index (κ1) is 23.5. The van der Waals surface area contributed by atoms with E-state index in [1.807, 2.05) is 0 Å². The third kappa shape index (κ3) is 5.56. The van der Waals surface area contributed by atoms with E-state index >= 15 is 0 Å². The molecule has 0 heterocycles. The number of hydrogen-bond acceptors (Lipinski definition) is 2. The number of hydrogen-bond donors (Lipinski definition) is 0. The minimum atomic E-state index is 0.535. The molecule has 0 spiro atoms. The van der Waals surface area contributed by atoms with E-state index in [0.29, 0.717) is 16.1 Å². The Morgan fingerprint density at radius 1 is 0.690 bits per heavy atom. The van der Waals surface area contributed by atoms with Crippen LogP contribution in [-0.4, -0.2) is 5.25 Å². The number of thiocyanates is 1. The van der Waals surface area contributed by atoms with Gasteiger partial charge < -0.3 is 0 Å². The molecule has 3 aliphatic carbocycles. The second kappa shape index (κ2) is 9.97. The van der Waals surface area contributed by atoms with Gasteiger partial charge in [0, 0.05) is 5.25 Å². The van der Waals surface area contributed by atoms with Gasteiger partial charge in [-0.25, -0.2) is 0 Å². The molecule has 0 aromatic rings. The lowest BCUT2D eigenvalue weighted by Gasteiger charge is -2.49. The standard InChI is InChI=1S/C27H47NS/c1-6-26(2,3)22-13-15-24(16-14-22)27(4,5)23-11-7-20(8-12-23)21-9-17-25(18-10-21)29-19-28/h20-25H,6-18H2,1-5H3. The van der Waals surface area contributed by atoms with E-state index in [4.69, 9.17) is 5.26 Å². The molecule has 2 heteroatoms. The zero-order chi connectivity index (χ0) is 21.1. The summed E-state index contributed by atoms with van der Waals surface area (Å²) in [7, 11) is 0. The summed E-state index contributed by atoms with van der Waals surface area (Å²) in [6.45, 7) is 12.6. The topological polar surface area (TPSA) is 23.8 Å². The van der Waals surface area contributed by atoms with Crippen LogP contribution in [0.1, 0.15) is 118 Å². The molecule has 0 aromatic heterocycles. The van der Waals surface area contributed by atoms with Crippen molar-refractivity contribution in [1.82, 2.24) is 0 Å². The van der Waals surface area contributed by atoms with Crippen molar-refractivity contribution < 1.29 is 0 Å². The van der Waals surface area contributed by atoms with E-state index in [-0.39, 0.29) is 0 Å². The maximum Gasteiger partial charge on any atom is 0.133 e. The first-order chi connectivity index (χ1) is 13.8. The maximum atomic E-state index is 8.93. The smallest absolute Gasteiger partial charge is 0.133 e. The van der Waals surface area contributed by atoms with E-state index in [1.165, 1.54) is 95.2 Å². The summed E-state index contributed by atoms with van der Waals surface area (Å²) in [5.41, 5.74) is 1.07. The summed E-state index contributed by atoms with van der Waals surface area (Å²) in [6, 6.07) is 0. The van der Waals surface area contributed by atoms with Gasteiger partial charge in [0.15, 0.2) is 0 Å². The van der Waals surface area contributed by atoms with Crippen molar-refractivity contribution in [3.63, 3.8) is 0 Å². The average molecular weight is 418 g/mol. The van der Waals surface area contributed by atoms with Gasteiger partial charge in [-0.1, -0.05) is 41.0 Å². The SMILES string of the molecule is CCC(C)(C)C1CCC(C(C)(C)C2CCC(C3CCC(SC#N)CC3)CC2)CC1. The number of thioether (sulfide) groups is 1. The second-order valence-corrected chi connectivity index (χ2v) is 13.2. The lowest BCUT2D eigenvalue weighted by Crippen LogP contribution is -2.39. The van der Waals surface area contributed by atoms with Gasteiger partial charge in [-0.2, -0.15) is 5.26 Å². The minimum Gasteiger partial charge on any atom is -0.185 e. The van der Waals surface area contributed by atoms with Gasteiger partial charge in [0.1, 0.15) is 5.40 Å². The van der Waals surface area contributed by atoms with Gasteiger partial charge in [-0.15, -0.1) is 0 Å². The van der Waals surface area contributed by atoms with Gasteiger partial charge in [-0.3, -0.25) is 0 Å². The highest BCUT2D eigenvalue weighted by atomic mass is 32.2. The Morgan fingerprint density at radius 2 is 1.10 bits per heavy atom. The summed E-state index contributed by atoms with van der Waals surface area (Å²) >= 11 is 1.53. The number of rotatable bonds is 6. The van der Waals surface area contributed by atoms with Crippen LogP contribution >= 0.6 is 11.8 Å². The lowest BCUT2D eigenvalue weighted by atomic mass is 9.56. The number of nitrogens with zero attached hydrogens (tertiary/aromatic N) is 1. The Kier molecular flexibility index (Phi) is 8.08. The fourth-order valence-corrected chi connectivity index (χ4v) is 7.98. The normalized spacial score (nSPS) is 37.1. The van der Waals surface area contributed by atoms with Crippen LogP contribution in [0, 0.1) is 51.1 Å². The zero-order valence-corrected chi connectivity index (χ0v) is 20.8. The molecular formula is C27H47NS. The predicted octanol–water partition coefficient (Wildman–Crippen LogP) is 8.83. The maximum absolute atomic E-state index is 8.93. The molecule has 3 saturated carbocycles. The first-order valence-electron chi connectivity index (χ1n) is 12.8. The lowest BCUT2D eigenvalue weighted by molar-refractivity contribution is 0.0137. The minimum absolute atomic E-state index is 0.535. The van der Waals surface area contributed by atoms with E-state index in [0.717, 1.165) is 29.6 Å². The van der Waals surface area contributed by atoms with E-state index in [1.54, 1.807) is 0 Å². The molecule has 0 atom stereocenters. The van der Waals surface area contributed by atoms with Crippen LogP contribution in [-0.2, 0) is 0 Å². The Morgan fingerprint density at radius 3 is 1.55 bits per heavy atom. The van der Waals surface area contributed by atoms with Crippen molar-refractivity contribution in [2.75, 3.05) is 0 Å². The molecule has 3 aliphatic rings. The molecule has 166 valence electrons. The predicted molar refractivity (Wildman–Crippen MR) is 128 cm³/mol. The summed E-state index contributed by atoms with van der Waals surface area (Å²) in [4.78, 5) is 0. The van der Waals surface area contributed by atoms with Gasteiger partial charge in [0.25, 0.3) is 0 Å². The monoisotopic (exact) mass is 417 g/mol. The molecule has 0 N–H and O–H groups in total. The van der Waals surface area contributed by atoms with Crippen molar-refractivity contribution in [3.05, 3.63) is 0 Å². The molecule has 0 unspecified atom stereocenters. The van der Waals surface area contributed by atoms with Crippen molar-refractivity contribution >= 4 is 11.8 Å². The molecular weight excluding hydrogens is 370 g/mol. The summed E-state index contributed by atoms with van der Waals surface area (Å²) in [5, 5.41) is 11.9. The largest absolute Gasteiger partial charge is 0.185 e.